The summed E-state index contributed by atoms with van der Waals surface area (Å²) in [6, 6.07) is 14.3. The molecule has 0 unspecified atom stereocenters. The largest absolute Gasteiger partial charge is 0.496 e. The summed E-state index contributed by atoms with van der Waals surface area (Å²) in [6.07, 6.45) is 1.61. The first-order valence-electron chi connectivity index (χ1n) is 11.2. The number of hydrogen-bond donors (Lipinski definition) is 2. The SMILES string of the molecule is COc1ccc(C=C2SC(=S)N(CCC(=O)Nc3ccc(C(=O)O)cc3)C2=O)cc1-c1ccc(F)c(F)c1. The number of benzene rings is 3. The Balaban J connectivity index is 1.45. The summed E-state index contributed by atoms with van der Waals surface area (Å²) in [4.78, 5) is 38.0. The van der Waals surface area contributed by atoms with E-state index < -0.39 is 17.6 Å². The highest BCUT2D eigenvalue weighted by atomic mass is 32.2. The molecule has 4 rings (SSSR count). The van der Waals surface area contributed by atoms with Gasteiger partial charge in [-0.3, -0.25) is 14.5 Å². The van der Waals surface area contributed by atoms with Gasteiger partial charge in [-0.05, 0) is 65.7 Å². The van der Waals surface area contributed by atoms with Gasteiger partial charge in [0.25, 0.3) is 5.91 Å². The topological polar surface area (TPSA) is 95.9 Å². The maximum atomic E-state index is 13.8. The Morgan fingerprint density at radius 2 is 1.82 bits per heavy atom. The Kier molecular flexibility index (Phi) is 8.18. The molecule has 0 atom stereocenters. The highest BCUT2D eigenvalue weighted by molar-refractivity contribution is 8.26. The molecule has 0 aliphatic carbocycles. The van der Waals surface area contributed by atoms with Crippen molar-refractivity contribution in [3.05, 3.63) is 88.3 Å². The van der Waals surface area contributed by atoms with E-state index in [4.69, 9.17) is 22.1 Å². The molecule has 0 saturated carbocycles. The van der Waals surface area contributed by atoms with Gasteiger partial charge < -0.3 is 15.2 Å². The lowest BCUT2D eigenvalue weighted by Crippen LogP contribution is -2.31. The van der Waals surface area contributed by atoms with E-state index in [0.717, 1.165) is 23.9 Å². The van der Waals surface area contributed by atoms with Crippen LogP contribution in [0.3, 0.4) is 0 Å². The van der Waals surface area contributed by atoms with Crippen LogP contribution in [0.5, 0.6) is 5.75 Å². The first-order chi connectivity index (χ1) is 18.2. The summed E-state index contributed by atoms with van der Waals surface area (Å²) in [7, 11) is 1.46. The fourth-order valence-corrected chi connectivity index (χ4v) is 4.99. The summed E-state index contributed by atoms with van der Waals surface area (Å²) in [5.74, 6) is -3.29. The van der Waals surface area contributed by atoms with E-state index in [1.165, 1.54) is 42.3 Å². The summed E-state index contributed by atoms with van der Waals surface area (Å²) < 4.78 is 32.9. The number of methoxy groups -OCH3 is 1. The number of aromatic carboxylic acids is 1. The number of thiocarbonyl (C=S) groups is 1. The van der Waals surface area contributed by atoms with Crippen molar-refractivity contribution in [3.8, 4) is 16.9 Å². The van der Waals surface area contributed by atoms with E-state index in [9.17, 15) is 23.2 Å². The zero-order valence-electron chi connectivity index (χ0n) is 19.9. The second-order valence-electron chi connectivity index (χ2n) is 8.10. The molecule has 0 aromatic heterocycles. The molecule has 0 spiro atoms. The number of carbonyl (C=O) groups is 3. The van der Waals surface area contributed by atoms with E-state index in [1.54, 1.807) is 24.3 Å². The molecule has 2 amide bonds. The van der Waals surface area contributed by atoms with Crippen molar-refractivity contribution < 1.29 is 33.0 Å². The molecular formula is C27H20F2N2O5S2. The molecule has 1 aliphatic heterocycles. The van der Waals surface area contributed by atoms with Crippen LogP contribution in [-0.4, -0.2) is 45.8 Å². The molecule has 1 saturated heterocycles. The standard InChI is InChI=1S/C27H20F2N2O5S2/c1-36-22-9-2-15(12-19(22)17-5-8-20(28)21(29)14-17)13-23-25(33)31(27(37)38-23)11-10-24(32)30-18-6-3-16(4-7-18)26(34)35/h2-9,12-14H,10-11H2,1H3,(H,30,32)(H,34,35). The minimum atomic E-state index is -1.07. The summed E-state index contributed by atoms with van der Waals surface area (Å²) in [5, 5.41) is 11.6. The molecule has 194 valence electrons. The highest BCUT2D eigenvalue weighted by Gasteiger charge is 2.32. The molecule has 1 aliphatic rings. The predicted molar refractivity (Wildman–Crippen MR) is 145 cm³/mol. The summed E-state index contributed by atoms with van der Waals surface area (Å²) in [5.41, 5.74) is 2.08. The van der Waals surface area contributed by atoms with Crippen LogP contribution in [0.1, 0.15) is 22.3 Å². The minimum absolute atomic E-state index is 0.0246. The quantitative estimate of drug-likeness (QED) is 0.278. The van der Waals surface area contributed by atoms with Crippen molar-refractivity contribution in [3.63, 3.8) is 0 Å². The maximum absolute atomic E-state index is 13.8. The summed E-state index contributed by atoms with van der Waals surface area (Å²) >= 11 is 6.44. The van der Waals surface area contributed by atoms with E-state index in [0.29, 0.717) is 37.4 Å². The van der Waals surface area contributed by atoms with Gasteiger partial charge in [-0.2, -0.15) is 0 Å². The third-order valence-electron chi connectivity index (χ3n) is 5.60. The second-order valence-corrected chi connectivity index (χ2v) is 9.78. The Morgan fingerprint density at radius 1 is 1.08 bits per heavy atom. The predicted octanol–water partition coefficient (Wildman–Crippen LogP) is 5.57. The number of ether oxygens (including phenoxy) is 1. The lowest BCUT2D eigenvalue weighted by Gasteiger charge is -2.14. The fourth-order valence-electron chi connectivity index (χ4n) is 3.68. The fraction of sp³-hybridized carbons (Fsp3) is 0.111. The number of carboxylic acids is 1. The number of nitrogens with one attached hydrogen (secondary N) is 1. The lowest BCUT2D eigenvalue weighted by atomic mass is 10.0. The first kappa shape index (κ1) is 27.0. The summed E-state index contributed by atoms with van der Waals surface area (Å²) in [6.45, 7) is 0.0593. The molecule has 1 heterocycles. The van der Waals surface area contributed by atoms with Gasteiger partial charge in [-0.15, -0.1) is 0 Å². The van der Waals surface area contributed by atoms with Crippen LogP contribution in [0.15, 0.2) is 65.6 Å². The van der Waals surface area contributed by atoms with Crippen LogP contribution in [0.25, 0.3) is 17.2 Å². The molecular weight excluding hydrogens is 534 g/mol. The van der Waals surface area contributed by atoms with Crippen LogP contribution < -0.4 is 10.1 Å². The Hall–Kier alpha value is -4.09. The highest BCUT2D eigenvalue weighted by Crippen LogP contribution is 2.36. The molecule has 7 nitrogen and oxygen atoms in total. The van der Waals surface area contributed by atoms with Crippen LogP contribution in [0.4, 0.5) is 14.5 Å². The van der Waals surface area contributed by atoms with Crippen molar-refractivity contribution in [2.75, 3.05) is 19.0 Å². The Labute approximate surface area is 226 Å². The smallest absolute Gasteiger partial charge is 0.335 e. The average Bonchev–Trinajstić information content (AvgIpc) is 3.16. The van der Waals surface area contributed by atoms with E-state index >= 15 is 0 Å². The zero-order chi connectivity index (χ0) is 27.4. The van der Waals surface area contributed by atoms with Crippen molar-refractivity contribution in [2.45, 2.75) is 6.42 Å². The Morgan fingerprint density at radius 3 is 2.47 bits per heavy atom. The molecule has 3 aromatic rings. The Bertz CT molecular complexity index is 1470. The molecule has 2 N–H and O–H groups in total. The first-order valence-corrected chi connectivity index (χ1v) is 12.4. The molecule has 0 radical (unpaired) electrons. The number of anilines is 1. The van der Waals surface area contributed by atoms with Gasteiger partial charge in [-0.25, -0.2) is 13.6 Å². The van der Waals surface area contributed by atoms with Gasteiger partial charge in [-0.1, -0.05) is 36.1 Å². The van der Waals surface area contributed by atoms with Gasteiger partial charge in [0, 0.05) is 24.2 Å². The zero-order valence-corrected chi connectivity index (χ0v) is 21.5. The van der Waals surface area contributed by atoms with Gasteiger partial charge >= 0.3 is 5.97 Å². The molecule has 0 bridgehead atoms. The maximum Gasteiger partial charge on any atom is 0.335 e. The average molecular weight is 555 g/mol. The van der Waals surface area contributed by atoms with Gasteiger partial charge in [0.05, 0.1) is 17.6 Å². The van der Waals surface area contributed by atoms with Gasteiger partial charge in [0.1, 0.15) is 10.1 Å². The van der Waals surface area contributed by atoms with Crippen LogP contribution in [0, 0.1) is 11.6 Å². The molecule has 38 heavy (non-hydrogen) atoms. The van der Waals surface area contributed by atoms with Crippen LogP contribution in [-0.2, 0) is 9.59 Å². The van der Waals surface area contributed by atoms with Crippen molar-refractivity contribution >= 4 is 57.8 Å². The minimum Gasteiger partial charge on any atom is -0.496 e. The number of nitrogens with zero attached hydrogens (tertiary/aromatic N) is 1. The number of thioether (sulfide) groups is 1. The number of halogens is 2. The van der Waals surface area contributed by atoms with Crippen molar-refractivity contribution in [2.24, 2.45) is 0 Å². The number of carboxylic acid groups (broad SMARTS) is 1. The number of carbonyl (C=O) groups excluding carboxylic acids is 2. The van der Waals surface area contributed by atoms with Crippen LogP contribution >= 0.6 is 24.0 Å². The van der Waals surface area contributed by atoms with E-state index in [2.05, 4.69) is 5.32 Å². The number of rotatable bonds is 8. The van der Waals surface area contributed by atoms with Crippen molar-refractivity contribution in [1.82, 2.24) is 4.90 Å². The molecule has 1 fully saturated rings. The third kappa shape index (κ3) is 6.06. The second kappa shape index (κ2) is 11.5. The number of hydrogen-bond acceptors (Lipinski definition) is 6. The molecule has 3 aromatic carbocycles. The normalized spacial score (nSPS) is 14.2. The number of amides is 2. The van der Waals surface area contributed by atoms with Crippen molar-refractivity contribution in [1.29, 1.82) is 0 Å². The van der Waals surface area contributed by atoms with E-state index in [1.807, 2.05) is 0 Å². The monoisotopic (exact) mass is 554 g/mol. The van der Waals surface area contributed by atoms with Gasteiger partial charge in [0.2, 0.25) is 5.91 Å². The van der Waals surface area contributed by atoms with E-state index in [-0.39, 0.29) is 30.3 Å². The third-order valence-corrected chi connectivity index (χ3v) is 6.98. The van der Waals surface area contributed by atoms with Crippen LogP contribution in [0.2, 0.25) is 0 Å². The lowest BCUT2D eigenvalue weighted by molar-refractivity contribution is -0.122. The van der Waals surface area contributed by atoms with Gasteiger partial charge in [0.15, 0.2) is 11.6 Å². The molecule has 11 heteroatoms.